The van der Waals surface area contributed by atoms with Crippen LogP contribution in [0.5, 0.6) is 5.75 Å². The molecule has 0 saturated carbocycles. The third-order valence-corrected chi connectivity index (χ3v) is 5.64. The summed E-state index contributed by atoms with van der Waals surface area (Å²) in [6.07, 6.45) is -0.872. The minimum Gasteiger partial charge on any atom is -0.481 e. The summed E-state index contributed by atoms with van der Waals surface area (Å²) < 4.78 is 46.0. The highest BCUT2D eigenvalue weighted by atomic mass is 32.2. The maximum absolute atomic E-state index is 13.2. The molecule has 1 unspecified atom stereocenters. The predicted molar refractivity (Wildman–Crippen MR) is 112 cm³/mol. The van der Waals surface area contributed by atoms with Gasteiger partial charge in [-0.1, -0.05) is 36.4 Å². The van der Waals surface area contributed by atoms with E-state index >= 15 is 0 Å². The average Bonchev–Trinajstić information content (AvgIpc) is 2.73. The van der Waals surface area contributed by atoms with Crippen molar-refractivity contribution in [3.8, 4) is 5.75 Å². The first-order chi connectivity index (χ1) is 14.3. The Balaban J connectivity index is 1.58. The molecule has 156 valence electrons. The number of benzene rings is 3. The number of hydrogen-bond acceptors (Lipinski definition) is 4. The molecule has 0 aliphatic carbocycles. The number of ether oxygens (including phenoxy) is 1. The predicted octanol–water partition coefficient (Wildman–Crippen LogP) is 3.71. The fourth-order valence-electron chi connectivity index (χ4n) is 2.62. The van der Waals surface area contributed by atoms with Crippen LogP contribution in [0.3, 0.4) is 0 Å². The number of nitrogens with one attached hydrogen (secondary N) is 2. The molecule has 0 aliphatic rings. The third-order valence-electron chi connectivity index (χ3n) is 4.22. The van der Waals surface area contributed by atoms with Gasteiger partial charge in [0.15, 0.2) is 6.10 Å². The van der Waals surface area contributed by atoms with E-state index in [4.69, 9.17) is 4.74 Å². The first-order valence-electron chi connectivity index (χ1n) is 9.20. The van der Waals surface area contributed by atoms with Crippen molar-refractivity contribution in [1.29, 1.82) is 0 Å². The topological polar surface area (TPSA) is 84.5 Å². The second-order valence-electron chi connectivity index (χ2n) is 6.54. The maximum Gasteiger partial charge on any atom is 0.265 e. The molecule has 2 N–H and O–H groups in total. The number of amides is 1. The van der Waals surface area contributed by atoms with Gasteiger partial charge in [-0.3, -0.25) is 4.79 Å². The Morgan fingerprint density at radius 2 is 1.70 bits per heavy atom. The van der Waals surface area contributed by atoms with Crippen LogP contribution in [-0.4, -0.2) is 20.4 Å². The van der Waals surface area contributed by atoms with Gasteiger partial charge < -0.3 is 10.1 Å². The smallest absolute Gasteiger partial charge is 0.265 e. The largest absolute Gasteiger partial charge is 0.481 e. The summed E-state index contributed by atoms with van der Waals surface area (Å²) in [5.74, 6) is -0.668. The second kappa shape index (κ2) is 9.51. The van der Waals surface area contributed by atoms with Gasteiger partial charge in [0, 0.05) is 18.3 Å². The van der Waals surface area contributed by atoms with Crippen molar-refractivity contribution in [3.63, 3.8) is 0 Å². The minimum absolute atomic E-state index is 0.0838. The van der Waals surface area contributed by atoms with Gasteiger partial charge >= 0.3 is 0 Å². The lowest BCUT2D eigenvalue weighted by Gasteiger charge is -2.15. The van der Waals surface area contributed by atoms with Gasteiger partial charge in [-0.15, -0.1) is 0 Å². The molecular weight excluding hydrogens is 407 g/mol. The van der Waals surface area contributed by atoms with E-state index in [1.54, 1.807) is 6.07 Å². The molecule has 3 aromatic rings. The second-order valence-corrected chi connectivity index (χ2v) is 8.31. The summed E-state index contributed by atoms with van der Waals surface area (Å²) in [5, 5.41) is 2.64. The fraction of sp³-hybridized carbons (Fsp3) is 0.136. The summed E-state index contributed by atoms with van der Waals surface area (Å²) in [7, 11) is -3.69. The van der Waals surface area contributed by atoms with E-state index in [0.717, 1.165) is 5.56 Å². The zero-order valence-corrected chi connectivity index (χ0v) is 17.0. The van der Waals surface area contributed by atoms with E-state index in [1.807, 2.05) is 30.3 Å². The SMILES string of the molecule is CC(Oc1cccc(F)c1)C(=O)Nc1ccc(S(=O)(=O)NCc2ccccc2)cc1. The van der Waals surface area contributed by atoms with Gasteiger partial charge in [-0.2, -0.15) is 0 Å². The highest BCUT2D eigenvalue weighted by Gasteiger charge is 2.17. The molecule has 30 heavy (non-hydrogen) atoms. The molecule has 1 amide bonds. The van der Waals surface area contributed by atoms with Gasteiger partial charge in [0.2, 0.25) is 10.0 Å². The first-order valence-corrected chi connectivity index (χ1v) is 10.7. The number of hydrogen-bond donors (Lipinski definition) is 2. The number of rotatable bonds is 8. The molecule has 0 bridgehead atoms. The zero-order valence-electron chi connectivity index (χ0n) is 16.2. The van der Waals surface area contributed by atoms with Crippen LogP contribution in [0.1, 0.15) is 12.5 Å². The molecule has 0 spiro atoms. The van der Waals surface area contributed by atoms with E-state index in [-0.39, 0.29) is 17.2 Å². The molecular formula is C22H21FN2O4S. The third kappa shape index (κ3) is 5.88. The van der Waals surface area contributed by atoms with E-state index < -0.39 is 27.9 Å². The summed E-state index contributed by atoms with van der Waals surface area (Å²) in [6.45, 7) is 1.71. The van der Waals surface area contributed by atoms with E-state index in [2.05, 4.69) is 10.0 Å². The summed E-state index contributed by atoms with van der Waals surface area (Å²) in [4.78, 5) is 12.4. The monoisotopic (exact) mass is 428 g/mol. The van der Waals surface area contributed by atoms with Gasteiger partial charge in [0.05, 0.1) is 4.90 Å². The van der Waals surface area contributed by atoms with Crippen molar-refractivity contribution in [3.05, 3.63) is 90.2 Å². The summed E-state index contributed by atoms with van der Waals surface area (Å²) in [6, 6.07) is 20.5. The van der Waals surface area contributed by atoms with Crippen LogP contribution in [0.4, 0.5) is 10.1 Å². The molecule has 3 aromatic carbocycles. The molecule has 6 nitrogen and oxygen atoms in total. The highest BCUT2D eigenvalue weighted by molar-refractivity contribution is 7.89. The van der Waals surface area contributed by atoms with E-state index in [1.165, 1.54) is 49.4 Å². The molecule has 1 atom stereocenters. The maximum atomic E-state index is 13.2. The Bertz CT molecular complexity index is 1100. The Hall–Kier alpha value is -3.23. The van der Waals surface area contributed by atoms with Gasteiger partial charge in [-0.05, 0) is 48.9 Å². The van der Waals surface area contributed by atoms with Crippen molar-refractivity contribution in [2.75, 3.05) is 5.32 Å². The normalized spacial score (nSPS) is 12.2. The Morgan fingerprint density at radius 3 is 2.37 bits per heavy atom. The van der Waals surface area contributed by atoms with Crippen LogP contribution < -0.4 is 14.8 Å². The highest BCUT2D eigenvalue weighted by Crippen LogP contribution is 2.17. The summed E-state index contributed by atoms with van der Waals surface area (Å²) >= 11 is 0. The van der Waals surface area contributed by atoms with Gasteiger partial charge in [0.25, 0.3) is 5.91 Å². The van der Waals surface area contributed by atoms with Crippen molar-refractivity contribution in [2.24, 2.45) is 0 Å². The van der Waals surface area contributed by atoms with Crippen molar-refractivity contribution in [2.45, 2.75) is 24.5 Å². The lowest BCUT2D eigenvalue weighted by molar-refractivity contribution is -0.122. The zero-order chi connectivity index (χ0) is 21.6. The molecule has 0 heterocycles. The molecule has 0 radical (unpaired) electrons. The number of anilines is 1. The van der Waals surface area contributed by atoms with Crippen LogP contribution in [0.25, 0.3) is 0 Å². The van der Waals surface area contributed by atoms with E-state index in [9.17, 15) is 17.6 Å². The molecule has 0 fully saturated rings. The van der Waals surface area contributed by atoms with Crippen molar-refractivity contribution >= 4 is 21.6 Å². The van der Waals surface area contributed by atoms with E-state index in [0.29, 0.717) is 5.69 Å². The molecule has 8 heteroatoms. The Morgan fingerprint density at radius 1 is 1.00 bits per heavy atom. The fourth-order valence-corrected chi connectivity index (χ4v) is 3.63. The lowest BCUT2D eigenvalue weighted by atomic mass is 10.2. The molecule has 0 aromatic heterocycles. The van der Waals surface area contributed by atoms with Crippen molar-refractivity contribution in [1.82, 2.24) is 4.72 Å². The first kappa shape index (κ1) is 21.5. The number of halogens is 1. The van der Waals surface area contributed by atoms with Crippen LogP contribution in [0.2, 0.25) is 0 Å². The molecule has 0 aliphatic heterocycles. The quantitative estimate of drug-likeness (QED) is 0.573. The Labute approximate surface area is 174 Å². The minimum atomic E-state index is -3.69. The molecule has 0 saturated heterocycles. The van der Waals surface area contributed by atoms with Gasteiger partial charge in [-0.25, -0.2) is 17.5 Å². The number of carbonyl (C=O) groups excluding carboxylic acids is 1. The number of carbonyl (C=O) groups is 1. The van der Waals surface area contributed by atoms with Gasteiger partial charge in [0.1, 0.15) is 11.6 Å². The van der Waals surface area contributed by atoms with Crippen molar-refractivity contribution < 1.29 is 22.3 Å². The molecule has 3 rings (SSSR count). The Kier molecular flexibility index (Phi) is 6.81. The van der Waals surface area contributed by atoms with Crippen LogP contribution in [0.15, 0.2) is 83.8 Å². The number of sulfonamides is 1. The van der Waals surface area contributed by atoms with Crippen LogP contribution >= 0.6 is 0 Å². The van der Waals surface area contributed by atoms with Crippen LogP contribution in [0, 0.1) is 5.82 Å². The lowest BCUT2D eigenvalue weighted by Crippen LogP contribution is -2.30. The standard InChI is InChI=1S/C22H21FN2O4S/c1-16(29-20-9-5-8-18(23)14-20)22(26)25-19-10-12-21(13-11-19)30(27,28)24-15-17-6-3-2-4-7-17/h2-14,16,24H,15H2,1H3,(H,25,26). The average molecular weight is 428 g/mol. The summed E-state index contributed by atoms with van der Waals surface area (Å²) in [5.41, 5.74) is 1.26. The van der Waals surface area contributed by atoms with Crippen LogP contribution in [-0.2, 0) is 21.4 Å².